The van der Waals surface area contributed by atoms with E-state index in [4.69, 9.17) is 5.26 Å². The fourth-order valence-electron chi connectivity index (χ4n) is 2.49. The summed E-state index contributed by atoms with van der Waals surface area (Å²) in [6.07, 6.45) is 3.78. The molecule has 3 aromatic rings. The molecule has 8 nitrogen and oxygen atoms in total. The molecule has 0 radical (unpaired) electrons. The average molecular weight is 462 g/mol. The third-order valence-corrected chi connectivity index (χ3v) is 5.80. The molecule has 0 aliphatic rings. The second-order valence-electron chi connectivity index (χ2n) is 5.86. The van der Waals surface area contributed by atoms with Crippen LogP contribution in [0.1, 0.15) is 22.5 Å². The number of fused-ring (bicyclic) bond motifs is 1. The summed E-state index contributed by atoms with van der Waals surface area (Å²) in [5.74, 6) is -0.334. The predicted octanol–water partition coefficient (Wildman–Crippen LogP) is 2.22. The standard InChI is InChI=1S/C18H16BrN5O3S/c19-14-4-7-17-23-15(12-24(17)11-14)10-21-18(25)13-2-5-16(6-3-13)28(26,27)22-9-1-8-20/h2-7,11-12,22H,1,9-10H2,(H,21,25). The van der Waals surface area contributed by atoms with Crippen molar-refractivity contribution in [3.05, 3.63) is 64.5 Å². The van der Waals surface area contributed by atoms with Crippen LogP contribution in [-0.4, -0.2) is 30.3 Å². The molecule has 2 heterocycles. The summed E-state index contributed by atoms with van der Waals surface area (Å²) in [5, 5.41) is 11.2. The van der Waals surface area contributed by atoms with Gasteiger partial charge in [0.25, 0.3) is 5.91 Å². The molecule has 0 saturated carbocycles. The van der Waals surface area contributed by atoms with Crippen molar-refractivity contribution >= 4 is 37.5 Å². The Morgan fingerprint density at radius 3 is 2.64 bits per heavy atom. The number of imidazole rings is 1. The molecule has 10 heteroatoms. The van der Waals surface area contributed by atoms with Crippen LogP contribution >= 0.6 is 15.9 Å². The van der Waals surface area contributed by atoms with Crippen LogP contribution in [-0.2, 0) is 16.6 Å². The van der Waals surface area contributed by atoms with Crippen LogP contribution in [0.2, 0.25) is 0 Å². The summed E-state index contributed by atoms with van der Waals surface area (Å²) >= 11 is 3.39. The molecule has 2 aromatic heterocycles. The zero-order chi connectivity index (χ0) is 20.1. The zero-order valence-corrected chi connectivity index (χ0v) is 17.0. The Balaban J connectivity index is 1.63. The van der Waals surface area contributed by atoms with E-state index in [0.717, 1.165) is 10.1 Å². The topological polar surface area (TPSA) is 116 Å². The first-order valence-electron chi connectivity index (χ1n) is 8.27. The van der Waals surface area contributed by atoms with Crippen LogP contribution in [0, 0.1) is 11.3 Å². The molecule has 0 saturated heterocycles. The summed E-state index contributed by atoms with van der Waals surface area (Å²) < 4.78 is 29.2. The normalized spacial score (nSPS) is 11.3. The van der Waals surface area contributed by atoms with Gasteiger partial charge in [-0.25, -0.2) is 18.1 Å². The number of nitrogens with zero attached hydrogens (tertiary/aromatic N) is 3. The number of halogens is 1. The third kappa shape index (κ3) is 4.75. The van der Waals surface area contributed by atoms with Gasteiger partial charge in [-0.05, 0) is 52.3 Å². The van der Waals surface area contributed by atoms with E-state index in [1.54, 1.807) is 0 Å². The van der Waals surface area contributed by atoms with E-state index in [9.17, 15) is 13.2 Å². The number of hydrogen-bond donors (Lipinski definition) is 2. The van der Waals surface area contributed by atoms with Crippen LogP contribution in [0.5, 0.6) is 0 Å². The summed E-state index contributed by atoms with van der Waals surface area (Å²) in [6.45, 7) is 0.282. The smallest absolute Gasteiger partial charge is 0.251 e. The van der Waals surface area contributed by atoms with E-state index in [2.05, 4.69) is 31.0 Å². The lowest BCUT2D eigenvalue weighted by molar-refractivity contribution is 0.0950. The average Bonchev–Trinajstić information content (AvgIpc) is 3.08. The molecule has 0 fully saturated rings. The summed E-state index contributed by atoms with van der Waals surface area (Å²) in [6, 6.07) is 11.2. The number of benzene rings is 1. The number of hydrogen-bond acceptors (Lipinski definition) is 5. The quantitative estimate of drug-likeness (QED) is 0.523. The van der Waals surface area contributed by atoms with Gasteiger partial charge in [0.05, 0.1) is 23.2 Å². The predicted molar refractivity (Wildman–Crippen MR) is 106 cm³/mol. The Kier molecular flexibility index (Phi) is 6.08. The van der Waals surface area contributed by atoms with E-state index in [1.807, 2.05) is 35.0 Å². The molecule has 0 aliphatic heterocycles. The highest BCUT2D eigenvalue weighted by atomic mass is 79.9. The van der Waals surface area contributed by atoms with Gasteiger partial charge in [-0.15, -0.1) is 0 Å². The minimum atomic E-state index is -3.70. The maximum Gasteiger partial charge on any atom is 0.251 e. The highest BCUT2D eigenvalue weighted by Crippen LogP contribution is 2.13. The summed E-state index contributed by atoms with van der Waals surface area (Å²) in [7, 11) is -3.70. The number of carbonyl (C=O) groups is 1. The van der Waals surface area contributed by atoms with Gasteiger partial charge in [0.1, 0.15) is 5.65 Å². The fourth-order valence-corrected chi connectivity index (χ4v) is 3.87. The lowest BCUT2D eigenvalue weighted by atomic mass is 10.2. The molecular weight excluding hydrogens is 446 g/mol. The molecule has 1 aromatic carbocycles. The van der Waals surface area contributed by atoms with E-state index < -0.39 is 10.0 Å². The molecule has 0 spiro atoms. The maximum atomic E-state index is 12.3. The first-order chi connectivity index (χ1) is 13.4. The van der Waals surface area contributed by atoms with Crippen molar-refractivity contribution in [2.45, 2.75) is 17.9 Å². The van der Waals surface area contributed by atoms with Crippen LogP contribution in [0.25, 0.3) is 5.65 Å². The number of aromatic nitrogens is 2. The van der Waals surface area contributed by atoms with Crippen molar-refractivity contribution in [1.29, 1.82) is 5.26 Å². The molecule has 28 heavy (non-hydrogen) atoms. The van der Waals surface area contributed by atoms with Gasteiger partial charge in [-0.3, -0.25) is 4.79 Å². The largest absolute Gasteiger partial charge is 0.346 e. The van der Waals surface area contributed by atoms with Gasteiger partial charge in [0.15, 0.2) is 0 Å². The molecule has 2 N–H and O–H groups in total. The van der Waals surface area contributed by atoms with Gasteiger partial charge < -0.3 is 9.72 Å². The van der Waals surface area contributed by atoms with Gasteiger partial charge in [-0.2, -0.15) is 5.26 Å². The SMILES string of the molecule is N#CCCNS(=O)(=O)c1ccc(C(=O)NCc2cn3cc(Br)ccc3n2)cc1. The van der Waals surface area contributed by atoms with Crippen molar-refractivity contribution in [3.63, 3.8) is 0 Å². The van der Waals surface area contributed by atoms with Gasteiger partial charge >= 0.3 is 0 Å². The first kappa shape index (κ1) is 20.0. The summed E-state index contributed by atoms with van der Waals surface area (Å²) in [5.41, 5.74) is 1.81. The third-order valence-electron chi connectivity index (χ3n) is 3.85. The van der Waals surface area contributed by atoms with Gasteiger partial charge in [0.2, 0.25) is 10.0 Å². The highest BCUT2D eigenvalue weighted by Gasteiger charge is 2.14. The second kappa shape index (κ2) is 8.52. The fraction of sp³-hybridized carbons (Fsp3) is 0.167. The highest BCUT2D eigenvalue weighted by molar-refractivity contribution is 9.10. The first-order valence-corrected chi connectivity index (χ1v) is 10.5. The Bertz CT molecular complexity index is 1150. The molecule has 0 atom stereocenters. The minimum absolute atomic E-state index is 0.0351. The summed E-state index contributed by atoms with van der Waals surface area (Å²) in [4.78, 5) is 16.8. The second-order valence-corrected chi connectivity index (χ2v) is 8.54. The van der Waals surface area contributed by atoms with Gasteiger partial charge in [-0.1, -0.05) is 0 Å². The van der Waals surface area contributed by atoms with Crippen molar-refractivity contribution in [2.24, 2.45) is 0 Å². The minimum Gasteiger partial charge on any atom is -0.346 e. The van der Waals surface area contributed by atoms with Crippen molar-refractivity contribution < 1.29 is 13.2 Å². The van der Waals surface area contributed by atoms with E-state index >= 15 is 0 Å². The number of sulfonamides is 1. The maximum absolute atomic E-state index is 12.3. The molecule has 0 aliphatic carbocycles. The Hall–Kier alpha value is -2.74. The Morgan fingerprint density at radius 2 is 1.93 bits per heavy atom. The van der Waals surface area contributed by atoms with Crippen LogP contribution in [0.3, 0.4) is 0 Å². The van der Waals surface area contributed by atoms with E-state index in [1.165, 1.54) is 24.3 Å². The number of amides is 1. The number of pyridine rings is 1. The van der Waals surface area contributed by atoms with Crippen molar-refractivity contribution in [1.82, 2.24) is 19.4 Å². The molecule has 0 unspecified atom stereocenters. The number of rotatable bonds is 7. The Morgan fingerprint density at radius 1 is 1.18 bits per heavy atom. The van der Waals surface area contributed by atoms with E-state index in [-0.39, 0.29) is 30.3 Å². The number of nitriles is 1. The molecule has 144 valence electrons. The number of carbonyl (C=O) groups excluding carboxylic acids is 1. The zero-order valence-electron chi connectivity index (χ0n) is 14.6. The number of nitrogens with one attached hydrogen (secondary N) is 2. The van der Waals surface area contributed by atoms with Crippen molar-refractivity contribution in [2.75, 3.05) is 6.54 Å². The molecule has 1 amide bonds. The Labute approximate surface area is 170 Å². The van der Waals surface area contributed by atoms with Crippen LogP contribution in [0.4, 0.5) is 0 Å². The molecular formula is C18H16BrN5O3S. The molecule has 0 bridgehead atoms. The molecule has 3 rings (SSSR count). The van der Waals surface area contributed by atoms with E-state index in [0.29, 0.717) is 11.3 Å². The van der Waals surface area contributed by atoms with Crippen molar-refractivity contribution in [3.8, 4) is 6.07 Å². The van der Waals surface area contributed by atoms with Crippen LogP contribution in [0.15, 0.2) is 58.2 Å². The van der Waals surface area contributed by atoms with Gasteiger partial charge in [0, 0.05) is 35.4 Å². The monoisotopic (exact) mass is 461 g/mol. The lowest BCUT2D eigenvalue weighted by Gasteiger charge is -2.07. The van der Waals surface area contributed by atoms with Crippen LogP contribution < -0.4 is 10.0 Å². The lowest BCUT2D eigenvalue weighted by Crippen LogP contribution is -2.25.